The average molecular weight is 557 g/mol. The summed E-state index contributed by atoms with van der Waals surface area (Å²) in [6.07, 6.45) is 0.685. The Bertz CT molecular complexity index is 1450. The molecule has 4 N–H and O–H groups in total. The lowest BCUT2D eigenvalue weighted by atomic mass is 9.96. The molecule has 41 heavy (non-hydrogen) atoms. The highest BCUT2D eigenvalue weighted by molar-refractivity contribution is 6.01. The van der Waals surface area contributed by atoms with Crippen molar-refractivity contribution in [3.63, 3.8) is 0 Å². The number of amides is 2. The summed E-state index contributed by atoms with van der Waals surface area (Å²) < 4.78 is 11.7. The van der Waals surface area contributed by atoms with E-state index in [1.807, 2.05) is 48.5 Å². The van der Waals surface area contributed by atoms with Crippen molar-refractivity contribution < 1.29 is 34.4 Å². The first-order chi connectivity index (χ1) is 19.7. The van der Waals surface area contributed by atoms with E-state index in [1.54, 1.807) is 48.2 Å². The zero-order valence-electron chi connectivity index (χ0n) is 22.6. The van der Waals surface area contributed by atoms with E-state index in [1.165, 1.54) is 18.2 Å². The minimum Gasteiger partial charge on any atom is -0.504 e. The number of carboxylic acids is 1. The lowest BCUT2D eigenvalue weighted by Gasteiger charge is -2.26. The summed E-state index contributed by atoms with van der Waals surface area (Å²) in [6, 6.07) is 28.9. The van der Waals surface area contributed by atoms with Crippen molar-refractivity contribution in [2.24, 2.45) is 0 Å². The van der Waals surface area contributed by atoms with Crippen molar-refractivity contribution in [3.8, 4) is 23.0 Å². The van der Waals surface area contributed by atoms with Gasteiger partial charge in [0.25, 0.3) is 0 Å². The lowest BCUT2D eigenvalue weighted by Crippen LogP contribution is -2.43. The Hall–Kier alpha value is -5.18. The monoisotopic (exact) mass is 556 g/mol. The number of carboxylic acid groups (broad SMARTS) is 1. The second kappa shape index (κ2) is 13.3. The number of urea groups is 1. The van der Waals surface area contributed by atoms with Gasteiger partial charge in [0.1, 0.15) is 11.5 Å². The molecule has 0 fully saturated rings. The zero-order valence-corrected chi connectivity index (χ0v) is 22.6. The molecule has 2 amide bonds. The number of phenols is 2. The summed E-state index contributed by atoms with van der Waals surface area (Å²) in [7, 11) is 0. The highest BCUT2D eigenvalue weighted by atomic mass is 16.5. The van der Waals surface area contributed by atoms with Crippen LogP contribution in [-0.4, -0.2) is 46.1 Å². The molecule has 9 nitrogen and oxygen atoms in total. The first-order valence-corrected chi connectivity index (χ1v) is 13.1. The van der Waals surface area contributed by atoms with E-state index in [0.29, 0.717) is 42.4 Å². The summed E-state index contributed by atoms with van der Waals surface area (Å²) in [5.41, 5.74) is 0.377. The van der Waals surface area contributed by atoms with Crippen LogP contribution in [0.2, 0.25) is 0 Å². The summed E-state index contributed by atoms with van der Waals surface area (Å²) in [6.45, 7) is 2.23. The molecule has 4 aromatic carbocycles. The van der Waals surface area contributed by atoms with Crippen molar-refractivity contribution in [2.45, 2.75) is 25.4 Å². The number of hydrogen-bond donors (Lipinski definition) is 4. The number of hydrogen-bond acceptors (Lipinski definition) is 6. The Kier molecular flexibility index (Phi) is 9.32. The molecule has 0 unspecified atom stereocenters. The molecule has 0 saturated carbocycles. The van der Waals surface area contributed by atoms with E-state index in [9.17, 15) is 24.9 Å². The average Bonchev–Trinajstić information content (AvgIpc) is 2.96. The highest BCUT2D eigenvalue weighted by Crippen LogP contribution is 2.28. The number of carbonyl (C=O) groups excluding carboxylic acids is 1. The molecule has 0 radical (unpaired) electrons. The van der Waals surface area contributed by atoms with Crippen LogP contribution in [0.4, 0.5) is 16.2 Å². The Labute approximate surface area is 238 Å². The topological polar surface area (TPSA) is 129 Å². The molecule has 0 saturated heterocycles. The molecule has 0 aliphatic heterocycles. The number of nitrogens with one attached hydrogen (secondary N) is 1. The third-order valence-electron chi connectivity index (χ3n) is 6.34. The number of anilines is 2. The van der Waals surface area contributed by atoms with Crippen LogP contribution < -0.4 is 19.7 Å². The lowest BCUT2D eigenvalue weighted by molar-refractivity contribution is -0.153. The number of phenolic OH excluding ortho intramolecular Hbond substituents is 2. The van der Waals surface area contributed by atoms with Gasteiger partial charge in [-0.2, -0.15) is 0 Å². The Balaban J connectivity index is 1.33. The first-order valence-electron chi connectivity index (χ1n) is 13.1. The molecule has 0 aliphatic rings. The van der Waals surface area contributed by atoms with Crippen molar-refractivity contribution in [3.05, 3.63) is 109 Å². The van der Waals surface area contributed by atoms with Crippen LogP contribution in [0.5, 0.6) is 23.0 Å². The Morgan fingerprint density at radius 2 is 1.49 bits per heavy atom. The number of nitrogens with zero attached hydrogens (tertiary/aromatic N) is 1. The Morgan fingerprint density at radius 1 is 0.829 bits per heavy atom. The molecular weight excluding hydrogens is 524 g/mol. The van der Waals surface area contributed by atoms with Gasteiger partial charge >= 0.3 is 12.0 Å². The van der Waals surface area contributed by atoms with Crippen LogP contribution in [0.3, 0.4) is 0 Å². The SMILES string of the molecule is C[C@@](Cc1ccc(OCCCN(C(=O)Nc2ccc(O)c(O)c2)c2ccccc2)cc1)(Oc1ccccc1)C(=O)O. The van der Waals surface area contributed by atoms with E-state index < -0.39 is 17.6 Å². The van der Waals surface area contributed by atoms with Crippen LogP contribution in [0.1, 0.15) is 18.9 Å². The van der Waals surface area contributed by atoms with Gasteiger partial charge in [0.2, 0.25) is 5.60 Å². The highest BCUT2D eigenvalue weighted by Gasteiger charge is 2.36. The third-order valence-corrected chi connectivity index (χ3v) is 6.34. The normalized spacial score (nSPS) is 12.1. The third kappa shape index (κ3) is 7.92. The number of benzene rings is 4. The number of para-hydroxylation sites is 2. The van der Waals surface area contributed by atoms with E-state index in [2.05, 4.69) is 5.32 Å². The molecule has 212 valence electrons. The number of aromatic hydroxyl groups is 2. The van der Waals surface area contributed by atoms with Crippen LogP contribution in [0.15, 0.2) is 103 Å². The maximum absolute atomic E-state index is 13.1. The van der Waals surface area contributed by atoms with Crippen LogP contribution in [0, 0.1) is 0 Å². The number of aliphatic carboxylic acids is 1. The molecular formula is C32H32N2O7. The van der Waals surface area contributed by atoms with E-state index in [4.69, 9.17) is 9.47 Å². The molecule has 0 spiro atoms. The molecule has 1 atom stereocenters. The summed E-state index contributed by atoms with van der Waals surface area (Å²) in [4.78, 5) is 26.6. The maximum atomic E-state index is 13.1. The van der Waals surface area contributed by atoms with Crippen molar-refractivity contribution in [2.75, 3.05) is 23.4 Å². The quantitative estimate of drug-likeness (QED) is 0.0947. The van der Waals surface area contributed by atoms with E-state index in [0.717, 1.165) is 5.56 Å². The van der Waals surface area contributed by atoms with Crippen molar-refractivity contribution >= 4 is 23.4 Å². The predicted octanol–water partition coefficient (Wildman–Crippen LogP) is 6.07. The Morgan fingerprint density at radius 3 is 2.12 bits per heavy atom. The van der Waals surface area contributed by atoms with Crippen LogP contribution in [0.25, 0.3) is 0 Å². The van der Waals surface area contributed by atoms with Gasteiger partial charge in [-0.15, -0.1) is 0 Å². The van der Waals surface area contributed by atoms with Crippen LogP contribution in [-0.2, 0) is 11.2 Å². The molecule has 0 heterocycles. The minimum absolute atomic E-state index is 0.164. The van der Waals surface area contributed by atoms with Gasteiger partial charge in [-0.1, -0.05) is 48.5 Å². The first kappa shape index (κ1) is 28.8. The van der Waals surface area contributed by atoms with Gasteiger partial charge in [-0.3, -0.25) is 4.90 Å². The standard InChI is InChI=1S/C32H32N2O7/c1-32(30(37)38,41-27-11-6-3-7-12-27)22-23-13-16-26(17-14-23)40-20-8-19-34(25-9-4-2-5-10-25)31(39)33-24-15-18-28(35)29(36)21-24/h2-7,9-18,21,35-36H,8,19-20,22H2,1H3,(H,33,39)(H,37,38)/t32-/m0/s1. The predicted molar refractivity (Wildman–Crippen MR) is 156 cm³/mol. The molecule has 9 heteroatoms. The summed E-state index contributed by atoms with van der Waals surface area (Å²) in [5, 5.41) is 31.8. The second-order valence-electron chi connectivity index (χ2n) is 9.59. The minimum atomic E-state index is -1.44. The largest absolute Gasteiger partial charge is 0.504 e. The molecule has 0 bridgehead atoms. The van der Waals surface area contributed by atoms with Gasteiger partial charge in [-0.05, 0) is 67.4 Å². The number of rotatable bonds is 12. The fourth-order valence-electron chi connectivity index (χ4n) is 4.16. The molecule has 4 rings (SSSR count). The maximum Gasteiger partial charge on any atom is 0.348 e. The van der Waals surface area contributed by atoms with Crippen molar-refractivity contribution in [1.82, 2.24) is 0 Å². The molecule has 0 aromatic heterocycles. The van der Waals surface area contributed by atoms with Gasteiger partial charge in [0.05, 0.1) is 6.61 Å². The molecule has 0 aliphatic carbocycles. The molecule has 4 aromatic rings. The van der Waals surface area contributed by atoms with Gasteiger partial charge < -0.3 is 30.1 Å². The number of carbonyl (C=O) groups is 2. The van der Waals surface area contributed by atoms with Gasteiger partial charge in [-0.25, -0.2) is 9.59 Å². The number of ether oxygens (including phenoxy) is 2. The van der Waals surface area contributed by atoms with E-state index in [-0.39, 0.29) is 17.9 Å². The zero-order chi connectivity index (χ0) is 29.2. The second-order valence-corrected chi connectivity index (χ2v) is 9.59. The summed E-state index contributed by atoms with van der Waals surface area (Å²) in [5.74, 6) is -0.563. The smallest absolute Gasteiger partial charge is 0.348 e. The van der Waals surface area contributed by atoms with Gasteiger partial charge in [0.15, 0.2) is 11.5 Å². The van der Waals surface area contributed by atoms with Crippen molar-refractivity contribution in [1.29, 1.82) is 0 Å². The van der Waals surface area contributed by atoms with Crippen LogP contribution >= 0.6 is 0 Å². The van der Waals surface area contributed by atoms with Gasteiger partial charge in [0, 0.05) is 30.4 Å². The van der Waals surface area contributed by atoms with E-state index >= 15 is 0 Å². The fourth-order valence-corrected chi connectivity index (χ4v) is 4.16. The summed E-state index contributed by atoms with van der Waals surface area (Å²) >= 11 is 0. The fraction of sp³-hybridized carbons (Fsp3) is 0.188.